The second-order valence-electron chi connectivity index (χ2n) is 5.40. The predicted octanol–water partition coefficient (Wildman–Crippen LogP) is 2.72. The lowest BCUT2D eigenvalue weighted by molar-refractivity contribution is -0.0352. The zero-order chi connectivity index (χ0) is 13.5. The third-order valence-electron chi connectivity index (χ3n) is 3.93. The molecule has 2 saturated carbocycles. The highest BCUT2D eigenvalue weighted by Crippen LogP contribution is 2.41. The van der Waals surface area contributed by atoms with E-state index in [1.807, 2.05) is 0 Å². The average molecular weight is 270 g/mol. The monoisotopic (exact) mass is 270 g/mol. The molecule has 2 aliphatic carbocycles. The molecule has 104 valence electrons. The van der Waals surface area contributed by atoms with Crippen molar-refractivity contribution in [3.63, 3.8) is 0 Å². The molecule has 1 aromatic heterocycles. The second kappa shape index (κ2) is 4.58. The van der Waals surface area contributed by atoms with Gasteiger partial charge in [0, 0.05) is 24.8 Å². The molecule has 1 N–H and O–H groups in total. The number of oxazole rings is 1. The van der Waals surface area contributed by atoms with Crippen molar-refractivity contribution in [3.8, 4) is 0 Å². The summed E-state index contributed by atoms with van der Waals surface area (Å²) in [5.41, 5.74) is 0.663. The van der Waals surface area contributed by atoms with Gasteiger partial charge in [0.1, 0.15) is 0 Å². The highest BCUT2D eigenvalue weighted by atomic mass is 19.3. The van der Waals surface area contributed by atoms with Crippen LogP contribution in [0.5, 0.6) is 0 Å². The number of halogens is 2. The van der Waals surface area contributed by atoms with E-state index in [4.69, 9.17) is 4.42 Å². The van der Waals surface area contributed by atoms with E-state index in [1.165, 1.54) is 6.39 Å². The van der Waals surface area contributed by atoms with Gasteiger partial charge in [-0.3, -0.25) is 4.79 Å². The van der Waals surface area contributed by atoms with E-state index in [0.717, 1.165) is 12.8 Å². The molecule has 0 bridgehead atoms. The fourth-order valence-electron chi connectivity index (χ4n) is 2.62. The Balaban J connectivity index is 1.60. The number of alkyl halides is 2. The molecule has 2 fully saturated rings. The van der Waals surface area contributed by atoms with Gasteiger partial charge in [-0.1, -0.05) is 0 Å². The van der Waals surface area contributed by atoms with Crippen LogP contribution in [0.3, 0.4) is 0 Å². The summed E-state index contributed by atoms with van der Waals surface area (Å²) in [7, 11) is 0. The maximum atomic E-state index is 13.4. The topological polar surface area (TPSA) is 55.1 Å². The van der Waals surface area contributed by atoms with Gasteiger partial charge in [-0.15, -0.1) is 0 Å². The standard InChI is InChI=1S/C13H16F2N2O2/c14-13(15)5-1-2-9(13)6-16-12(18)11-10(8-3-4-8)17-7-19-11/h7-9H,1-6H2,(H,16,18). The van der Waals surface area contributed by atoms with E-state index in [1.54, 1.807) is 0 Å². The van der Waals surface area contributed by atoms with E-state index in [-0.39, 0.29) is 18.7 Å². The molecule has 2 aliphatic rings. The van der Waals surface area contributed by atoms with E-state index < -0.39 is 17.7 Å². The van der Waals surface area contributed by atoms with Crippen molar-refractivity contribution < 1.29 is 18.0 Å². The molecule has 1 unspecified atom stereocenters. The number of amides is 1. The first-order chi connectivity index (χ1) is 9.08. The van der Waals surface area contributed by atoms with Gasteiger partial charge in [0.15, 0.2) is 6.39 Å². The van der Waals surface area contributed by atoms with Gasteiger partial charge >= 0.3 is 0 Å². The molecular formula is C13H16F2N2O2. The first-order valence-corrected chi connectivity index (χ1v) is 6.67. The molecule has 3 rings (SSSR count). The number of hydrogen-bond donors (Lipinski definition) is 1. The lowest BCUT2D eigenvalue weighted by atomic mass is 10.1. The van der Waals surface area contributed by atoms with Crippen molar-refractivity contribution in [2.75, 3.05) is 6.54 Å². The van der Waals surface area contributed by atoms with Gasteiger partial charge in [0.05, 0.1) is 5.69 Å². The Bertz CT molecular complexity index is 483. The minimum absolute atomic E-state index is 0.00333. The van der Waals surface area contributed by atoms with Gasteiger partial charge in [-0.25, -0.2) is 13.8 Å². The Labute approximate surface area is 109 Å². The van der Waals surface area contributed by atoms with Gasteiger partial charge in [-0.2, -0.15) is 0 Å². The summed E-state index contributed by atoms with van der Waals surface area (Å²) in [6, 6.07) is 0. The van der Waals surface area contributed by atoms with Crippen LogP contribution in [-0.2, 0) is 0 Å². The molecule has 1 aromatic rings. The fourth-order valence-corrected chi connectivity index (χ4v) is 2.62. The normalized spacial score (nSPS) is 25.5. The highest BCUT2D eigenvalue weighted by Gasteiger charge is 2.43. The summed E-state index contributed by atoms with van der Waals surface area (Å²) in [5.74, 6) is -3.37. The van der Waals surface area contributed by atoms with Crippen LogP contribution in [0.1, 0.15) is 54.3 Å². The third-order valence-corrected chi connectivity index (χ3v) is 3.93. The summed E-state index contributed by atoms with van der Waals surface area (Å²) >= 11 is 0. The van der Waals surface area contributed by atoms with Crippen molar-refractivity contribution in [2.24, 2.45) is 5.92 Å². The molecule has 4 nitrogen and oxygen atoms in total. The number of nitrogens with zero attached hydrogens (tertiary/aromatic N) is 1. The minimum Gasteiger partial charge on any atom is -0.438 e. The maximum absolute atomic E-state index is 13.4. The zero-order valence-electron chi connectivity index (χ0n) is 10.5. The van der Waals surface area contributed by atoms with Gasteiger partial charge in [0.25, 0.3) is 11.8 Å². The Morgan fingerprint density at radius 1 is 1.47 bits per heavy atom. The second-order valence-corrected chi connectivity index (χ2v) is 5.40. The van der Waals surface area contributed by atoms with Crippen molar-refractivity contribution >= 4 is 5.91 Å². The summed E-state index contributed by atoms with van der Waals surface area (Å²) < 4.78 is 31.9. The van der Waals surface area contributed by atoms with Crippen LogP contribution >= 0.6 is 0 Å². The number of nitrogens with one attached hydrogen (secondary N) is 1. The Kier molecular flexibility index (Phi) is 3.03. The van der Waals surface area contributed by atoms with Gasteiger partial charge in [-0.05, 0) is 25.7 Å². The summed E-state index contributed by atoms with van der Waals surface area (Å²) in [6.07, 6.45) is 4.15. The third kappa shape index (κ3) is 2.48. The first kappa shape index (κ1) is 12.6. The Morgan fingerprint density at radius 2 is 2.26 bits per heavy atom. The molecular weight excluding hydrogens is 254 g/mol. The summed E-state index contributed by atoms with van der Waals surface area (Å²) in [5, 5.41) is 2.55. The summed E-state index contributed by atoms with van der Waals surface area (Å²) in [4.78, 5) is 16.0. The minimum atomic E-state index is -2.66. The Hall–Kier alpha value is -1.46. The van der Waals surface area contributed by atoms with Crippen molar-refractivity contribution in [1.29, 1.82) is 0 Å². The molecule has 6 heteroatoms. The van der Waals surface area contributed by atoms with E-state index in [2.05, 4.69) is 10.3 Å². The zero-order valence-corrected chi connectivity index (χ0v) is 10.5. The van der Waals surface area contributed by atoms with Crippen molar-refractivity contribution in [2.45, 2.75) is 43.9 Å². The van der Waals surface area contributed by atoms with E-state index in [9.17, 15) is 13.6 Å². The van der Waals surface area contributed by atoms with Crippen molar-refractivity contribution in [3.05, 3.63) is 17.8 Å². The van der Waals surface area contributed by atoms with Crippen LogP contribution in [0.4, 0.5) is 8.78 Å². The SMILES string of the molecule is O=C(NCC1CCCC1(F)F)c1ocnc1C1CC1. The van der Waals surface area contributed by atoms with Crippen LogP contribution in [0.2, 0.25) is 0 Å². The lowest BCUT2D eigenvalue weighted by Gasteiger charge is -2.18. The van der Waals surface area contributed by atoms with E-state index in [0.29, 0.717) is 24.5 Å². The molecule has 1 heterocycles. The van der Waals surface area contributed by atoms with Crippen LogP contribution in [0, 0.1) is 5.92 Å². The average Bonchev–Trinajstić information content (AvgIpc) is 2.99. The number of carbonyl (C=O) groups excluding carboxylic acids is 1. The summed E-state index contributed by atoms with van der Waals surface area (Å²) in [6.45, 7) is -0.00333. The van der Waals surface area contributed by atoms with Gasteiger partial charge < -0.3 is 9.73 Å². The smallest absolute Gasteiger partial charge is 0.289 e. The van der Waals surface area contributed by atoms with E-state index >= 15 is 0 Å². The maximum Gasteiger partial charge on any atom is 0.289 e. The molecule has 19 heavy (non-hydrogen) atoms. The molecule has 1 atom stereocenters. The van der Waals surface area contributed by atoms with Crippen LogP contribution in [-0.4, -0.2) is 23.4 Å². The molecule has 0 aromatic carbocycles. The van der Waals surface area contributed by atoms with Crippen LogP contribution in [0.25, 0.3) is 0 Å². The molecule has 0 radical (unpaired) electrons. The molecule has 0 spiro atoms. The molecule has 0 aliphatic heterocycles. The number of hydrogen-bond acceptors (Lipinski definition) is 3. The van der Waals surface area contributed by atoms with Crippen LogP contribution < -0.4 is 5.32 Å². The van der Waals surface area contributed by atoms with Crippen LogP contribution in [0.15, 0.2) is 10.8 Å². The predicted molar refractivity (Wildman–Crippen MR) is 63.1 cm³/mol. The highest BCUT2D eigenvalue weighted by molar-refractivity contribution is 5.92. The fraction of sp³-hybridized carbons (Fsp3) is 0.692. The molecule has 1 amide bonds. The first-order valence-electron chi connectivity index (χ1n) is 6.67. The molecule has 0 saturated heterocycles. The number of carbonyl (C=O) groups is 1. The van der Waals surface area contributed by atoms with Crippen molar-refractivity contribution in [1.82, 2.24) is 10.3 Å². The largest absolute Gasteiger partial charge is 0.438 e. The van der Waals surface area contributed by atoms with Gasteiger partial charge in [0.2, 0.25) is 5.76 Å². The number of rotatable bonds is 4. The lowest BCUT2D eigenvalue weighted by Crippen LogP contribution is -2.35. The Morgan fingerprint density at radius 3 is 2.89 bits per heavy atom. The number of aromatic nitrogens is 1. The quantitative estimate of drug-likeness (QED) is 0.915.